The summed E-state index contributed by atoms with van der Waals surface area (Å²) in [4.78, 5) is 16.7. The number of rotatable bonds is 6. The van der Waals surface area contributed by atoms with Crippen LogP contribution in [0, 0.1) is 11.8 Å². The van der Waals surface area contributed by atoms with Crippen LogP contribution in [-0.4, -0.2) is 43.9 Å². The zero-order valence-corrected chi connectivity index (χ0v) is 23.0. The van der Waals surface area contributed by atoms with Crippen LogP contribution in [0.5, 0.6) is 5.88 Å². The van der Waals surface area contributed by atoms with Crippen molar-refractivity contribution in [3.8, 4) is 5.88 Å². The number of Topliss-reactive ketones (excluding diaryl/α,β-unsaturated/α-hetero) is 1. The topological polar surface area (TPSA) is 64.8 Å². The maximum atomic E-state index is 14.5. The molecule has 1 fully saturated rings. The highest BCUT2D eigenvalue weighted by molar-refractivity contribution is 6.74. The van der Waals surface area contributed by atoms with Crippen LogP contribution in [0.2, 0.25) is 18.1 Å². The van der Waals surface area contributed by atoms with Crippen molar-refractivity contribution in [3.63, 3.8) is 0 Å². The zero-order valence-electron chi connectivity index (χ0n) is 22.0. The highest BCUT2D eigenvalue weighted by Gasteiger charge is 2.64. The molecule has 1 aromatic heterocycles. The molecule has 0 N–H and O–H groups in total. The van der Waals surface area contributed by atoms with Crippen LogP contribution < -0.4 is 4.74 Å². The van der Waals surface area contributed by atoms with Gasteiger partial charge in [-0.3, -0.25) is 9.69 Å². The summed E-state index contributed by atoms with van der Waals surface area (Å²) in [6.45, 7) is 13.7. The van der Waals surface area contributed by atoms with Crippen molar-refractivity contribution in [1.82, 2.24) is 10.1 Å². The van der Waals surface area contributed by atoms with Gasteiger partial charge in [0.1, 0.15) is 17.8 Å². The molecule has 186 valence electrons. The summed E-state index contributed by atoms with van der Waals surface area (Å²) in [6, 6.07) is 9.82. The second kappa shape index (κ2) is 8.92. The van der Waals surface area contributed by atoms with Crippen molar-refractivity contribution < 1.29 is 18.5 Å². The van der Waals surface area contributed by atoms with Crippen molar-refractivity contribution >= 4 is 14.1 Å². The summed E-state index contributed by atoms with van der Waals surface area (Å²) in [7, 11) is 1.82. The Morgan fingerprint density at radius 1 is 1.18 bits per heavy atom. The van der Waals surface area contributed by atoms with Gasteiger partial charge in [0.15, 0.2) is 14.1 Å². The van der Waals surface area contributed by atoms with E-state index in [1.807, 2.05) is 44.4 Å². The Hall–Kier alpha value is -1.96. The second-order valence-electron chi connectivity index (χ2n) is 11.8. The van der Waals surface area contributed by atoms with Crippen molar-refractivity contribution in [1.29, 1.82) is 0 Å². The molecule has 4 rings (SSSR count). The molecule has 0 spiro atoms. The lowest BCUT2D eigenvalue weighted by molar-refractivity contribution is -0.0829. The Morgan fingerprint density at radius 3 is 2.47 bits per heavy atom. The van der Waals surface area contributed by atoms with Gasteiger partial charge in [-0.15, -0.1) is 0 Å². The third-order valence-corrected chi connectivity index (χ3v) is 12.8. The van der Waals surface area contributed by atoms with Crippen LogP contribution in [0.3, 0.4) is 0 Å². The summed E-state index contributed by atoms with van der Waals surface area (Å²) in [5.74, 6) is 0.999. The lowest BCUT2D eigenvalue weighted by Gasteiger charge is -2.56. The summed E-state index contributed by atoms with van der Waals surface area (Å²) < 4.78 is 19.2. The third kappa shape index (κ3) is 4.05. The molecule has 1 unspecified atom stereocenters. The molecule has 34 heavy (non-hydrogen) atoms. The quantitative estimate of drug-likeness (QED) is 0.452. The molecule has 0 aliphatic heterocycles. The lowest BCUT2D eigenvalue weighted by Crippen LogP contribution is -2.65. The number of hydrogen-bond acceptors (Lipinski definition) is 6. The molecule has 0 radical (unpaired) electrons. The van der Waals surface area contributed by atoms with Gasteiger partial charge >= 0.3 is 0 Å². The van der Waals surface area contributed by atoms with Crippen LogP contribution in [0.4, 0.5) is 0 Å². The highest BCUT2D eigenvalue weighted by Crippen LogP contribution is 2.57. The Kier molecular flexibility index (Phi) is 6.59. The largest absolute Gasteiger partial charge is 0.470 e. The van der Waals surface area contributed by atoms with Gasteiger partial charge in [-0.2, -0.15) is 0 Å². The second-order valence-corrected chi connectivity index (χ2v) is 16.6. The Bertz CT molecular complexity index is 1030. The van der Waals surface area contributed by atoms with E-state index in [-0.39, 0.29) is 34.6 Å². The van der Waals surface area contributed by atoms with Crippen molar-refractivity contribution in [3.05, 3.63) is 47.2 Å². The Balaban J connectivity index is 1.82. The summed E-state index contributed by atoms with van der Waals surface area (Å²) in [6.07, 6.45) is 2.97. The van der Waals surface area contributed by atoms with E-state index >= 15 is 0 Å². The first-order chi connectivity index (χ1) is 15.9. The number of benzene rings is 1. The van der Waals surface area contributed by atoms with E-state index in [4.69, 9.17) is 13.7 Å². The molecule has 4 atom stereocenters. The van der Waals surface area contributed by atoms with Crippen molar-refractivity contribution in [2.24, 2.45) is 11.8 Å². The van der Waals surface area contributed by atoms with E-state index < -0.39 is 13.9 Å². The average Bonchev–Trinajstić information content (AvgIpc) is 3.17. The number of carbonyl (C=O) groups excluding carboxylic acids is 1. The first kappa shape index (κ1) is 25.1. The first-order valence-corrected chi connectivity index (χ1v) is 15.4. The maximum Gasteiger partial charge on any atom is 0.265 e. The highest BCUT2D eigenvalue weighted by atomic mass is 28.4. The van der Waals surface area contributed by atoms with Crippen LogP contribution in [0.1, 0.15) is 74.7 Å². The number of ether oxygens (including phenoxy) is 1. The van der Waals surface area contributed by atoms with Crippen LogP contribution in [-0.2, 0) is 11.0 Å². The van der Waals surface area contributed by atoms with Gasteiger partial charge in [-0.1, -0.05) is 64.4 Å². The fourth-order valence-electron chi connectivity index (χ4n) is 5.52. The normalized spacial score (nSPS) is 27.4. The van der Waals surface area contributed by atoms with E-state index in [2.05, 4.69) is 50.8 Å². The monoisotopic (exact) mass is 484 g/mol. The maximum absolute atomic E-state index is 14.5. The molecular weight excluding hydrogens is 444 g/mol. The van der Waals surface area contributed by atoms with E-state index in [1.54, 1.807) is 0 Å². The van der Waals surface area contributed by atoms with Crippen LogP contribution in [0.25, 0.3) is 0 Å². The van der Waals surface area contributed by atoms with Gasteiger partial charge in [0.25, 0.3) is 5.88 Å². The number of aromatic nitrogens is 1. The fourth-order valence-corrected chi connectivity index (χ4v) is 7.11. The predicted molar refractivity (Wildman–Crippen MR) is 136 cm³/mol. The smallest absolute Gasteiger partial charge is 0.265 e. The molecule has 0 bridgehead atoms. The predicted octanol–water partition coefficient (Wildman–Crippen LogP) is 6.25. The summed E-state index contributed by atoms with van der Waals surface area (Å²) in [5.41, 5.74) is 0.584. The molecular formula is C27H40N2O4Si. The number of ketones is 1. The van der Waals surface area contributed by atoms with Crippen molar-refractivity contribution in [2.75, 3.05) is 14.1 Å². The zero-order chi connectivity index (χ0) is 24.9. The average molecular weight is 485 g/mol. The standard InChI is InChI=1S/C27H40N2O4Si/c1-18-13-12-16-20-22(29(5)6)23-21(24(30)27(18,20)33-34(7,8)26(2,3)4)25(28-32-23)31-17-19-14-10-9-11-15-19/h9-11,14-15,18,20,22H,12-13,16-17H2,1-8H3/t18?,20-,22-,27+/m0/s1. The van der Waals surface area contributed by atoms with E-state index in [0.717, 1.165) is 24.8 Å². The number of hydrogen-bond donors (Lipinski definition) is 0. The molecule has 1 aromatic carbocycles. The summed E-state index contributed by atoms with van der Waals surface area (Å²) in [5, 5.41) is 4.25. The van der Waals surface area contributed by atoms with Gasteiger partial charge < -0.3 is 13.7 Å². The van der Waals surface area contributed by atoms with E-state index in [0.29, 0.717) is 17.9 Å². The number of fused-ring (bicyclic) bond motifs is 2. The van der Waals surface area contributed by atoms with Gasteiger partial charge in [-0.25, -0.2) is 0 Å². The SMILES string of the molecule is CC1CCC[C@H]2[C@H](N(C)C)c3onc(OCc4ccccc4)c3C(=O)[C@@]12O[Si](C)(C)C(C)(C)C. The molecule has 1 saturated carbocycles. The molecule has 2 aliphatic rings. The molecule has 1 heterocycles. The van der Waals surface area contributed by atoms with Gasteiger partial charge in [0.05, 0.1) is 6.04 Å². The van der Waals surface area contributed by atoms with Gasteiger partial charge in [0.2, 0.25) is 5.78 Å². The summed E-state index contributed by atoms with van der Waals surface area (Å²) >= 11 is 0. The van der Waals surface area contributed by atoms with Crippen molar-refractivity contribution in [2.45, 2.75) is 83.3 Å². The Morgan fingerprint density at radius 2 is 1.85 bits per heavy atom. The first-order valence-electron chi connectivity index (χ1n) is 12.5. The van der Waals surface area contributed by atoms with E-state index in [9.17, 15) is 4.79 Å². The molecule has 7 heteroatoms. The molecule has 6 nitrogen and oxygen atoms in total. The van der Waals surface area contributed by atoms with Gasteiger partial charge in [-0.05, 0) is 61.7 Å². The van der Waals surface area contributed by atoms with Crippen LogP contribution in [0.15, 0.2) is 34.9 Å². The molecule has 0 amide bonds. The molecule has 2 aromatic rings. The minimum atomic E-state index is -2.28. The Labute approximate surface area is 205 Å². The fraction of sp³-hybridized carbons (Fsp3) is 0.630. The minimum Gasteiger partial charge on any atom is -0.470 e. The third-order valence-electron chi connectivity index (χ3n) is 8.36. The van der Waals surface area contributed by atoms with Gasteiger partial charge in [0, 0.05) is 5.92 Å². The van der Waals surface area contributed by atoms with E-state index in [1.165, 1.54) is 0 Å². The molecule has 2 aliphatic carbocycles. The van der Waals surface area contributed by atoms with Crippen LogP contribution >= 0.6 is 0 Å². The lowest BCUT2D eigenvalue weighted by atomic mass is 9.59. The minimum absolute atomic E-state index is 0.00747. The number of carbonyl (C=O) groups is 1. The molecule has 0 saturated heterocycles. The number of nitrogens with zero attached hydrogens (tertiary/aromatic N) is 2.